The summed E-state index contributed by atoms with van der Waals surface area (Å²) in [4.78, 5) is 11.9. The molecular formula is C13H23ClN4O. The van der Waals surface area contributed by atoms with Gasteiger partial charge in [-0.2, -0.15) is 5.10 Å². The summed E-state index contributed by atoms with van der Waals surface area (Å²) in [5.41, 5.74) is 6.82. The Morgan fingerprint density at radius 3 is 2.89 bits per heavy atom. The predicted molar refractivity (Wildman–Crippen MR) is 78.3 cm³/mol. The van der Waals surface area contributed by atoms with Crippen molar-refractivity contribution in [2.45, 2.75) is 51.6 Å². The van der Waals surface area contributed by atoms with Crippen molar-refractivity contribution in [2.24, 2.45) is 11.7 Å². The maximum Gasteiger partial charge on any atom is 0.224 e. The number of carbonyl (C=O) groups is 1. The Morgan fingerprint density at radius 1 is 1.53 bits per heavy atom. The van der Waals surface area contributed by atoms with Crippen LogP contribution in [0.25, 0.3) is 0 Å². The Morgan fingerprint density at radius 2 is 2.26 bits per heavy atom. The van der Waals surface area contributed by atoms with Gasteiger partial charge in [0.05, 0.1) is 11.9 Å². The summed E-state index contributed by atoms with van der Waals surface area (Å²) in [5.74, 6) is 0.382. The van der Waals surface area contributed by atoms with Gasteiger partial charge in [-0.05, 0) is 25.7 Å². The summed E-state index contributed by atoms with van der Waals surface area (Å²) in [6.45, 7) is 2.82. The van der Waals surface area contributed by atoms with Gasteiger partial charge in [0.15, 0.2) is 0 Å². The molecule has 3 N–H and O–H groups in total. The van der Waals surface area contributed by atoms with Crippen LogP contribution in [-0.2, 0) is 11.3 Å². The van der Waals surface area contributed by atoms with Crippen LogP contribution in [-0.4, -0.2) is 21.7 Å². The molecule has 1 aromatic heterocycles. The van der Waals surface area contributed by atoms with Gasteiger partial charge in [-0.25, -0.2) is 0 Å². The lowest BCUT2D eigenvalue weighted by Crippen LogP contribution is -2.35. The summed E-state index contributed by atoms with van der Waals surface area (Å²) in [7, 11) is 0. The molecule has 2 rings (SSSR count). The van der Waals surface area contributed by atoms with Crippen molar-refractivity contribution in [3.8, 4) is 0 Å². The average molecular weight is 287 g/mol. The van der Waals surface area contributed by atoms with E-state index in [1.165, 1.54) is 12.8 Å². The topological polar surface area (TPSA) is 72.9 Å². The molecule has 1 amide bonds. The molecule has 2 unspecified atom stereocenters. The minimum absolute atomic E-state index is 0. The van der Waals surface area contributed by atoms with Crippen molar-refractivity contribution in [3.05, 3.63) is 12.4 Å². The molecule has 6 heteroatoms. The lowest BCUT2D eigenvalue weighted by Gasteiger charge is -2.27. The summed E-state index contributed by atoms with van der Waals surface area (Å²) in [5, 5.41) is 7.01. The largest absolute Gasteiger partial charge is 0.327 e. The fourth-order valence-corrected chi connectivity index (χ4v) is 2.54. The standard InChI is InChI=1S/C13H22N4O.ClH/c1-2-17-9-11(8-15-17)16-13(18)7-10-5-3-4-6-12(10)14;/h8-10,12H,2-7,14H2,1H3,(H,16,18);1H. The van der Waals surface area contributed by atoms with Crippen LogP contribution in [0.4, 0.5) is 5.69 Å². The quantitative estimate of drug-likeness (QED) is 0.891. The van der Waals surface area contributed by atoms with Crippen molar-refractivity contribution in [2.75, 3.05) is 5.32 Å². The minimum Gasteiger partial charge on any atom is -0.327 e. The van der Waals surface area contributed by atoms with Crippen LogP contribution in [0.1, 0.15) is 39.0 Å². The minimum atomic E-state index is 0. The van der Waals surface area contributed by atoms with Crippen LogP contribution in [0.15, 0.2) is 12.4 Å². The molecule has 1 heterocycles. The maximum absolute atomic E-state index is 11.9. The zero-order valence-electron chi connectivity index (χ0n) is 11.3. The first kappa shape index (κ1) is 16.0. The molecule has 19 heavy (non-hydrogen) atoms. The van der Waals surface area contributed by atoms with E-state index in [2.05, 4.69) is 10.4 Å². The fourth-order valence-electron chi connectivity index (χ4n) is 2.54. The van der Waals surface area contributed by atoms with Crippen LogP contribution < -0.4 is 11.1 Å². The highest BCUT2D eigenvalue weighted by Crippen LogP contribution is 2.25. The van der Waals surface area contributed by atoms with Gasteiger partial charge in [0.25, 0.3) is 0 Å². The molecule has 0 aliphatic heterocycles. The predicted octanol–water partition coefficient (Wildman–Crippen LogP) is 2.17. The van der Waals surface area contributed by atoms with E-state index in [4.69, 9.17) is 5.73 Å². The second kappa shape index (κ2) is 7.50. The second-order valence-corrected chi connectivity index (χ2v) is 5.05. The number of halogens is 1. The number of hydrogen-bond acceptors (Lipinski definition) is 3. The van der Waals surface area contributed by atoms with Gasteiger partial charge in [0, 0.05) is 25.2 Å². The zero-order valence-corrected chi connectivity index (χ0v) is 12.2. The lowest BCUT2D eigenvalue weighted by molar-refractivity contribution is -0.117. The van der Waals surface area contributed by atoms with Gasteiger partial charge in [0.1, 0.15) is 0 Å². The van der Waals surface area contributed by atoms with Crippen LogP contribution >= 0.6 is 12.4 Å². The third-order valence-corrected chi connectivity index (χ3v) is 3.66. The number of amides is 1. The van der Waals surface area contributed by atoms with Gasteiger partial charge in [-0.3, -0.25) is 9.48 Å². The third-order valence-electron chi connectivity index (χ3n) is 3.66. The van der Waals surface area contributed by atoms with Gasteiger partial charge < -0.3 is 11.1 Å². The van der Waals surface area contributed by atoms with Crippen molar-refractivity contribution < 1.29 is 4.79 Å². The van der Waals surface area contributed by atoms with Crippen molar-refractivity contribution in [3.63, 3.8) is 0 Å². The molecule has 108 valence electrons. The molecule has 1 saturated carbocycles. The summed E-state index contributed by atoms with van der Waals surface area (Å²) in [6.07, 6.45) is 8.57. The molecule has 2 atom stereocenters. The first-order valence-corrected chi connectivity index (χ1v) is 6.77. The van der Waals surface area contributed by atoms with Crippen LogP contribution in [0, 0.1) is 5.92 Å². The summed E-state index contributed by atoms with van der Waals surface area (Å²) in [6, 6.07) is 0.183. The highest BCUT2D eigenvalue weighted by atomic mass is 35.5. The number of rotatable bonds is 4. The molecular weight excluding hydrogens is 264 g/mol. The lowest BCUT2D eigenvalue weighted by atomic mass is 9.83. The molecule has 0 spiro atoms. The van der Waals surface area contributed by atoms with E-state index in [1.54, 1.807) is 10.9 Å². The monoisotopic (exact) mass is 286 g/mol. The maximum atomic E-state index is 11.9. The molecule has 1 aliphatic carbocycles. The van der Waals surface area contributed by atoms with Crippen molar-refractivity contribution >= 4 is 24.0 Å². The average Bonchev–Trinajstić information content (AvgIpc) is 2.80. The second-order valence-electron chi connectivity index (χ2n) is 5.05. The number of carbonyl (C=O) groups excluding carboxylic acids is 1. The van der Waals surface area contributed by atoms with Crippen LogP contribution in [0.3, 0.4) is 0 Å². The zero-order chi connectivity index (χ0) is 13.0. The molecule has 5 nitrogen and oxygen atoms in total. The van der Waals surface area contributed by atoms with E-state index in [9.17, 15) is 4.79 Å². The number of nitrogens with zero attached hydrogens (tertiary/aromatic N) is 2. The van der Waals surface area contributed by atoms with Gasteiger partial charge in [0.2, 0.25) is 5.91 Å². The smallest absolute Gasteiger partial charge is 0.224 e. The van der Waals surface area contributed by atoms with Crippen molar-refractivity contribution in [1.29, 1.82) is 0 Å². The van der Waals surface area contributed by atoms with E-state index in [0.29, 0.717) is 12.3 Å². The van der Waals surface area contributed by atoms with E-state index < -0.39 is 0 Å². The van der Waals surface area contributed by atoms with Gasteiger partial charge in [-0.1, -0.05) is 12.8 Å². The van der Waals surface area contributed by atoms with E-state index in [1.807, 2.05) is 13.1 Å². The van der Waals surface area contributed by atoms with Crippen molar-refractivity contribution in [1.82, 2.24) is 9.78 Å². The number of nitrogens with one attached hydrogen (secondary N) is 1. The molecule has 1 aromatic rings. The van der Waals surface area contributed by atoms with Crippen LogP contribution in [0.5, 0.6) is 0 Å². The SMILES string of the molecule is CCn1cc(NC(=O)CC2CCCCC2N)cn1.Cl. The Kier molecular flexibility index (Phi) is 6.31. The number of aryl methyl sites for hydroxylation is 1. The highest BCUT2D eigenvalue weighted by molar-refractivity contribution is 5.90. The molecule has 0 saturated heterocycles. The summed E-state index contributed by atoms with van der Waals surface area (Å²) >= 11 is 0. The van der Waals surface area contributed by atoms with Crippen LogP contribution in [0.2, 0.25) is 0 Å². The number of aromatic nitrogens is 2. The normalized spacial score (nSPS) is 22.6. The van der Waals surface area contributed by atoms with E-state index >= 15 is 0 Å². The van der Waals surface area contributed by atoms with E-state index in [0.717, 1.165) is 25.1 Å². The highest BCUT2D eigenvalue weighted by Gasteiger charge is 2.24. The molecule has 0 radical (unpaired) electrons. The molecule has 0 aromatic carbocycles. The Labute approximate surface area is 120 Å². The number of hydrogen-bond donors (Lipinski definition) is 2. The first-order valence-electron chi connectivity index (χ1n) is 6.77. The molecule has 1 aliphatic rings. The van der Waals surface area contributed by atoms with Gasteiger partial charge >= 0.3 is 0 Å². The third kappa shape index (κ3) is 4.51. The first-order chi connectivity index (χ1) is 8.69. The van der Waals surface area contributed by atoms with Gasteiger partial charge in [-0.15, -0.1) is 12.4 Å². The number of anilines is 1. The Bertz CT molecular complexity index is 407. The number of nitrogens with two attached hydrogens (primary N) is 1. The Hall–Kier alpha value is -1.07. The Balaban J connectivity index is 0.00000180. The fraction of sp³-hybridized carbons (Fsp3) is 0.692. The van der Waals surface area contributed by atoms with E-state index in [-0.39, 0.29) is 24.4 Å². The molecule has 0 bridgehead atoms. The summed E-state index contributed by atoms with van der Waals surface area (Å²) < 4.78 is 1.79. The molecule has 1 fully saturated rings.